The largest absolute Gasteiger partial charge is 0.326 e. The molecule has 2 saturated heterocycles. The Labute approximate surface area is 140 Å². The van der Waals surface area contributed by atoms with Crippen molar-refractivity contribution in [1.29, 1.82) is 0 Å². The third-order valence-corrected chi connectivity index (χ3v) is 5.50. The van der Waals surface area contributed by atoms with E-state index in [0.29, 0.717) is 6.04 Å². The van der Waals surface area contributed by atoms with Crippen LogP contribution in [0.5, 0.6) is 0 Å². The monoisotopic (exact) mass is 328 g/mol. The molecule has 4 rings (SSSR count). The molecule has 1 atom stereocenters. The Morgan fingerprint density at radius 3 is 2.74 bits per heavy atom. The highest BCUT2D eigenvalue weighted by Crippen LogP contribution is 2.30. The van der Waals surface area contributed by atoms with Crippen molar-refractivity contribution in [2.45, 2.75) is 12.5 Å². The first kappa shape index (κ1) is 14.7. The zero-order chi connectivity index (χ0) is 15.8. The van der Waals surface area contributed by atoms with Crippen LogP contribution in [0, 0.1) is 0 Å². The molecular formula is C17H20N4OS. The Morgan fingerprint density at radius 1 is 1.17 bits per heavy atom. The van der Waals surface area contributed by atoms with Crippen LogP contribution < -0.4 is 4.90 Å². The second-order valence-corrected chi connectivity index (χ2v) is 7.05. The van der Waals surface area contributed by atoms with Crippen molar-refractivity contribution in [1.82, 2.24) is 14.8 Å². The van der Waals surface area contributed by atoms with Crippen LogP contribution in [0.3, 0.4) is 0 Å². The van der Waals surface area contributed by atoms with E-state index in [1.54, 1.807) is 11.3 Å². The lowest BCUT2D eigenvalue weighted by Gasteiger charge is -2.23. The highest BCUT2D eigenvalue weighted by atomic mass is 32.1. The van der Waals surface area contributed by atoms with E-state index >= 15 is 0 Å². The third-order valence-electron chi connectivity index (χ3n) is 4.64. The molecule has 0 aliphatic carbocycles. The first-order chi connectivity index (χ1) is 11.2. The summed E-state index contributed by atoms with van der Waals surface area (Å²) in [7, 11) is 2.12. The van der Waals surface area contributed by atoms with Gasteiger partial charge in [0.25, 0.3) is 0 Å². The molecule has 2 fully saturated rings. The molecule has 5 nitrogen and oxygen atoms in total. The predicted octanol–water partition coefficient (Wildman–Crippen LogP) is 2.76. The number of carbonyl (C=O) groups excluding carboxylic acids is 1. The molecular weight excluding hydrogens is 308 g/mol. The number of thiazole rings is 1. The van der Waals surface area contributed by atoms with E-state index in [0.717, 1.165) is 49.0 Å². The maximum atomic E-state index is 12.7. The zero-order valence-corrected chi connectivity index (χ0v) is 14.0. The first-order valence-electron chi connectivity index (χ1n) is 8.00. The van der Waals surface area contributed by atoms with Crippen molar-refractivity contribution < 1.29 is 4.79 Å². The van der Waals surface area contributed by atoms with Gasteiger partial charge in [-0.05, 0) is 20.0 Å². The Bertz CT molecular complexity index is 702. The van der Waals surface area contributed by atoms with Gasteiger partial charge in [0.1, 0.15) is 0 Å². The fraction of sp³-hybridized carbons (Fsp3) is 0.412. The van der Waals surface area contributed by atoms with Gasteiger partial charge in [-0.15, -0.1) is 11.3 Å². The van der Waals surface area contributed by atoms with Crippen LogP contribution in [-0.2, 0) is 0 Å². The molecule has 6 heteroatoms. The Hall–Kier alpha value is -1.92. The predicted molar refractivity (Wildman–Crippen MR) is 92.9 cm³/mol. The summed E-state index contributed by atoms with van der Waals surface area (Å²) >= 11 is 1.55. The van der Waals surface area contributed by atoms with E-state index in [1.165, 1.54) is 0 Å². The molecule has 3 heterocycles. The fourth-order valence-electron chi connectivity index (χ4n) is 3.37. The summed E-state index contributed by atoms with van der Waals surface area (Å²) in [6.07, 6.45) is 1.07. The number of amides is 2. The van der Waals surface area contributed by atoms with Gasteiger partial charge in [0, 0.05) is 36.6 Å². The second-order valence-electron chi connectivity index (χ2n) is 6.21. The van der Waals surface area contributed by atoms with Crippen LogP contribution in [0.25, 0.3) is 11.3 Å². The second kappa shape index (κ2) is 5.94. The summed E-state index contributed by atoms with van der Waals surface area (Å²) < 4.78 is 0. The van der Waals surface area contributed by atoms with Crippen molar-refractivity contribution in [3.05, 3.63) is 35.7 Å². The van der Waals surface area contributed by atoms with E-state index in [1.807, 2.05) is 45.5 Å². The van der Waals surface area contributed by atoms with E-state index < -0.39 is 0 Å². The molecule has 0 spiro atoms. The van der Waals surface area contributed by atoms with Gasteiger partial charge in [-0.2, -0.15) is 0 Å². The van der Waals surface area contributed by atoms with Gasteiger partial charge < -0.3 is 9.80 Å². The van der Waals surface area contributed by atoms with Crippen LogP contribution in [0.1, 0.15) is 6.42 Å². The van der Waals surface area contributed by atoms with Crippen LogP contribution >= 0.6 is 11.3 Å². The highest BCUT2D eigenvalue weighted by Gasteiger charge is 2.37. The molecule has 0 radical (unpaired) electrons. The Balaban J connectivity index is 1.51. The average Bonchev–Trinajstić information content (AvgIpc) is 3.28. The minimum Gasteiger partial charge on any atom is -0.318 e. The molecule has 23 heavy (non-hydrogen) atoms. The molecule has 0 saturated carbocycles. The zero-order valence-electron chi connectivity index (χ0n) is 13.2. The third kappa shape index (κ3) is 2.72. The van der Waals surface area contributed by atoms with Gasteiger partial charge in [-0.3, -0.25) is 4.90 Å². The molecule has 0 bridgehead atoms. The maximum Gasteiger partial charge on any atom is 0.326 e. The standard InChI is InChI=1S/C17H20N4OS/c1-19-8-7-14(11-19)20-9-10-21(17(20)22)16-18-15(12-23-16)13-5-3-2-4-6-13/h2-6,12,14H,7-11H2,1H3. The van der Waals surface area contributed by atoms with Crippen molar-refractivity contribution in [2.24, 2.45) is 0 Å². The van der Waals surface area contributed by atoms with Crippen molar-refractivity contribution >= 4 is 22.5 Å². The average molecular weight is 328 g/mol. The summed E-state index contributed by atoms with van der Waals surface area (Å²) in [5.41, 5.74) is 2.04. The van der Waals surface area contributed by atoms with Crippen LogP contribution in [0.4, 0.5) is 9.93 Å². The van der Waals surface area contributed by atoms with Gasteiger partial charge in [0.15, 0.2) is 5.13 Å². The molecule has 2 aliphatic rings. The highest BCUT2D eigenvalue weighted by molar-refractivity contribution is 7.14. The smallest absolute Gasteiger partial charge is 0.318 e. The lowest BCUT2D eigenvalue weighted by molar-refractivity contribution is 0.201. The summed E-state index contributed by atoms with van der Waals surface area (Å²) in [6, 6.07) is 10.6. The normalized spacial score (nSPS) is 22.3. The molecule has 1 unspecified atom stereocenters. The van der Waals surface area contributed by atoms with E-state index in [9.17, 15) is 4.79 Å². The molecule has 2 aliphatic heterocycles. The molecule has 0 N–H and O–H groups in total. The summed E-state index contributed by atoms with van der Waals surface area (Å²) in [5.74, 6) is 0. The number of nitrogens with zero attached hydrogens (tertiary/aromatic N) is 4. The van der Waals surface area contributed by atoms with Gasteiger partial charge in [-0.1, -0.05) is 30.3 Å². The number of hydrogen-bond acceptors (Lipinski definition) is 4. The lowest BCUT2D eigenvalue weighted by atomic mass is 10.2. The molecule has 2 aromatic rings. The topological polar surface area (TPSA) is 39.7 Å². The van der Waals surface area contributed by atoms with Gasteiger partial charge in [0.2, 0.25) is 0 Å². The maximum absolute atomic E-state index is 12.7. The van der Waals surface area contributed by atoms with Gasteiger partial charge in [-0.25, -0.2) is 9.78 Å². The van der Waals surface area contributed by atoms with E-state index in [2.05, 4.69) is 16.9 Å². The van der Waals surface area contributed by atoms with E-state index in [-0.39, 0.29) is 6.03 Å². The Kier molecular flexibility index (Phi) is 3.79. The molecule has 120 valence electrons. The number of likely N-dealkylation sites (tertiary alicyclic amines) is 1. The fourth-order valence-corrected chi connectivity index (χ4v) is 4.22. The Morgan fingerprint density at radius 2 is 2.00 bits per heavy atom. The minimum absolute atomic E-state index is 0.110. The van der Waals surface area contributed by atoms with Crippen molar-refractivity contribution in [2.75, 3.05) is 38.1 Å². The molecule has 2 amide bonds. The van der Waals surface area contributed by atoms with E-state index in [4.69, 9.17) is 0 Å². The number of benzene rings is 1. The molecule has 1 aromatic heterocycles. The number of anilines is 1. The number of hydrogen-bond donors (Lipinski definition) is 0. The lowest BCUT2D eigenvalue weighted by Crippen LogP contribution is -2.40. The van der Waals surface area contributed by atoms with Crippen LogP contribution in [0.2, 0.25) is 0 Å². The number of likely N-dealkylation sites (N-methyl/N-ethyl adjacent to an activating group) is 1. The number of carbonyl (C=O) groups is 1. The van der Waals surface area contributed by atoms with Crippen molar-refractivity contribution in [3.63, 3.8) is 0 Å². The summed E-state index contributed by atoms with van der Waals surface area (Å²) in [5, 5.41) is 2.84. The van der Waals surface area contributed by atoms with Gasteiger partial charge >= 0.3 is 6.03 Å². The minimum atomic E-state index is 0.110. The van der Waals surface area contributed by atoms with Crippen LogP contribution in [0.15, 0.2) is 35.7 Å². The van der Waals surface area contributed by atoms with Crippen molar-refractivity contribution in [3.8, 4) is 11.3 Å². The summed E-state index contributed by atoms with van der Waals surface area (Å²) in [4.78, 5) is 23.6. The first-order valence-corrected chi connectivity index (χ1v) is 8.88. The number of rotatable bonds is 3. The number of urea groups is 1. The molecule has 1 aromatic carbocycles. The quantitative estimate of drug-likeness (QED) is 0.870. The number of aromatic nitrogens is 1. The SMILES string of the molecule is CN1CCC(N2CCN(c3nc(-c4ccccc4)cs3)C2=O)C1. The van der Waals surface area contributed by atoms with Crippen LogP contribution in [-0.4, -0.2) is 60.1 Å². The summed E-state index contributed by atoms with van der Waals surface area (Å²) in [6.45, 7) is 3.59. The van der Waals surface area contributed by atoms with Gasteiger partial charge in [0.05, 0.1) is 5.69 Å².